The van der Waals surface area contributed by atoms with E-state index in [2.05, 4.69) is 22.6 Å². The van der Waals surface area contributed by atoms with E-state index in [4.69, 9.17) is 0 Å². The summed E-state index contributed by atoms with van der Waals surface area (Å²) in [6.45, 7) is 0. The lowest BCUT2D eigenvalue weighted by atomic mass is 10.7. The van der Waals surface area contributed by atoms with Crippen LogP contribution in [0.25, 0.3) is 0 Å². The SMILES string of the molecule is Br.[CH3][Mg][c]1cccs1. The third-order valence-corrected chi connectivity index (χ3v) is 3.96. The molecule has 0 bridgehead atoms. The Balaban J connectivity index is 0.000000490. The second-order valence-electron chi connectivity index (χ2n) is 1.43. The molecule has 0 aliphatic heterocycles. The highest BCUT2D eigenvalue weighted by molar-refractivity contribution is 8.93. The lowest BCUT2D eigenvalue weighted by Crippen LogP contribution is -2.01. The van der Waals surface area contributed by atoms with Gasteiger partial charge in [0.25, 0.3) is 0 Å². The summed E-state index contributed by atoms with van der Waals surface area (Å²) in [6.07, 6.45) is 0. The van der Waals surface area contributed by atoms with Crippen molar-refractivity contribution in [3.05, 3.63) is 17.5 Å². The molecule has 0 aromatic carbocycles. The van der Waals surface area contributed by atoms with E-state index in [0.717, 1.165) is 0 Å². The van der Waals surface area contributed by atoms with E-state index in [0.29, 0.717) is 0 Å². The van der Waals surface area contributed by atoms with Gasteiger partial charge in [0.15, 0.2) is 0 Å². The minimum atomic E-state index is 0. The normalized spacial score (nSPS) is 7.12. The molecule has 0 nitrogen and oxygen atoms in total. The quantitative estimate of drug-likeness (QED) is 0.610. The first kappa shape index (κ1) is 8.95. The number of rotatable bonds is 1. The van der Waals surface area contributed by atoms with Gasteiger partial charge in [0.05, 0.1) is 0 Å². The van der Waals surface area contributed by atoms with E-state index in [1.807, 2.05) is 11.3 Å². The Bertz CT molecular complexity index is 127. The van der Waals surface area contributed by atoms with Gasteiger partial charge >= 0.3 is 20.4 Å². The fourth-order valence-corrected chi connectivity index (χ4v) is 2.33. The highest BCUT2D eigenvalue weighted by Gasteiger charge is 1.88. The summed E-state index contributed by atoms with van der Waals surface area (Å²) in [5.41, 5.74) is 0. The number of halogens is 1. The number of hydrogen-bond acceptors (Lipinski definition) is 1. The summed E-state index contributed by atoms with van der Waals surface area (Å²) in [4.78, 5) is 0. The molecule has 42 valence electrons. The maximum atomic E-state index is 2.31. The first-order valence-corrected chi connectivity index (χ1v) is 5.46. The van der Waals surface area contributed by atoms with Crippen molar-refractivity contribution in [2.45, 2.75) is 5.05 Å². The van der Waals surface area contributed by atoms with Crippen molar-refractivity contribution < 1.29 is 0 Å². The lowest BCUT2D eigenvalue weighted by Gasteiger charge is -1.75. The summed E-state index contributed by atoms with van der Waals surface area (Å²) in [5.74, 6) is 0. The predicted octanol–water partition coefficient (Wildman–Crippen LogP) is 1.70. The van der Waals surface area contributed by atoms with Crippen molar-refractivity contribution in [2.24, 2.45) is 0 Å². The zero-order valence-electron chi connectivity index (χ0n) is 4.76. The van der Waals surface area contributed by atoms with E-state index in [1.54, 1.807) is 3.01 Å². The fourth-order valence-electron chi connectivity index (χ4n) is 0.514. The van der Waals surface area contributed by atoms with E-state index >= 15 is 0 Å². The third-order valence-electron chi connectivity index (χ3n) is 0.929. The van der Waals surface area contributed by atoms with Gasteiger partial charge in [-0.15, -0.1) is 25.0 Å². The number of hydrogen-bond donors (Lipinski definition) is 0. The zero-order valence-corrected chi connectivity index (χ0v) is 8.70. The highest BCUT2D eigenvalue weighted by atomic mass is 79.9. The molecular formula is C5H7BrMgS. The van der Waals surface area contributed by atoms with Crippen LogP contribution in [0, 0.1) is 0 Å². The van der Waals surface area contributed by atoms with Gasteiger partial charge in [-0.2, -0.15) is 11.3 Å². The maximum Gasteiger partial charge on any atom is 0.421 e. The Hall–Kier alpha value is 0.946. The predicted molar refractivity (Wildman–Crippen MR) is 45.9 cm³/mol. The second kappa shape index (κ2) is 4.79. The van der Waals surface area contributed by atoms with Gasteiger partial charge in [-0.1, -0.05) is 12.1 Å². The summed E-state index contributed by atoms with van der Waals surface area (Å²) in [6, 6.07) is 4.34. The first-order chi connectivity index (χ1) is 3.43. The van der Waals surface area contributed by atoms with E-state index < -0.39 is 0 Å². The van der Waals surface area contributed by atoms with Crippen molar-refractivity contribution in [1.29, 1.82) is 0 Å². The van der Waals surface area contributed by atoms with Gasteiger partial charge in [-0.25, -0.2) is 0 Å². The Labute approximate surface area is 73.8 Å². The van der Waals surface area contributed by atoms with Crippen LogP contribution in [0.2, 0.25) is 5.05 Å². The smallest absolute Gasteiger partial charge is 0.182 e. The molecule has 8 heavy (non-hydrogen) atoms. The average Bonchev–Trinajstić information content (AvgIpc) is 2.14. The fraction of sp³-hybridized carbons (Fsp3) is 0.200. The molecule has 1 rings (SSSR count). The molecule has 0 aliphatic carbocycles. The average molecular weight is 203 g/mol. The molecule has 0 N–H and O–H groups in total. The summed E-state index contributed by atoms with van der Waals surface area (Å²) < 4.78 is 1.61. The van der Waals surface area contributed by atoms with Crippen LogP contribution in [0.15, 0.2) is 17.5 Å². The molecule has 1 aromatic heterocycles. The van der Waals surface area contributed by atoms with Crippen LogP contribution in [0.1, 0.15) is 0 Å². The van der Waals surface area contributed by atoms with Crippen LogP contribution < -0.4 is 3.01 Å². The van der Waals surface area contributed by atoms with Crippen LogP contribution in [0.3, 0.4) is 0 Å². The van der Waals surface area contributed by atoms with Gasteiger partial charge < -0.3 is 0 Å². The topological polar surface area (TPSA) is 0 Å². The molecule has 0 atom stereocenters. The lowest BCUT2D eigenvalue weighted by molar-refractivity contribution is 2.06. The van der Waals surface area contributed by atoms with Crippen molar-refractivity contribution in [3.63, 3.8) is 0 Å². The molecule has 3 heteroatoms. The van der Waals surface area contributed by atoms with E-state index in [-0.39, 0.29) is 37.3 Å². The van der Waals surface area contributed by atoms with Gasteiger partial charge in [0.1, 0.15) is 0 Å². The molecule has 0 radical (unpaired) electrons. The largest absolute Gasteiger partial charge is 0.421 e. The highest BCUT2D eigenvalue weighted by Crippen LogP contribution is 1.89. The molecule has 0 amide bonds. The first-order valence-electron chi connectivity index (χ1n) is 2.46. The molecule has 0 saturated heterocycles. The molecule has 1 aromatic rings. The third kappa shape index (κ3) is 2.48. The van der Waals surface area contributed by atoms with Crippen LogP contribution in [-0.2, 0) is 0 Å². The molecule has 1 heterocycles. The summed E-state index contributed by atoms with van der Waals surface area (Å²) in [7, 11) is 0. The Morgan fingerprint density at radius 3 is 2.62 bits per heavy atom. The van der Waals surface area contributed by atoms with Gasteiger partial charge in [0, 0.05) is 0 Å². The van der Waals surface area contributed by atoms with Crippen molar-refractivity contribution in [3.8, 4) is 0 Å². The Morgan fingerprint density at radius 2 is 2.38 bits per heavy atom. The van der Waals surface area contributed by atoms with Crippen LogP contribution in [0.4, 0.5) is 0 Å². The van der Waals surface area contributed by atoms with Crippen molar-refractivity contribution in [2.75, 3.05) is 0 Å². The van der Waals surface area contributed by atoms with Crippen molar-refractivity contribution >= 4 is 51.7 Å². The Kier molecular flexibility index (Phi) is 5.36. The molecule has 0 aliphatic rings. The minimum absolute atomic E-state index is 0. The van der Waals surface area contributed by atoms with Gasteiger partial charge in [-0.3, -0.25) is 0 Å². The summed E-state index contributed by atoms with van der Waals surface area (Å²) >= 11 is 2.04. The molecule has 0 spiro atoms. The monoisotopic (exact) mass is 202 g/mol. The van der Waals surface area contributed by atoms with Crippen molar-refractivity contribution in [1.82, 2.24) is 0 Å². The maximum absolute atomic E-state index is 2.31. The van der Waals surface area contributed by atoms with Gasteiger partial charge in [0.2, 0.25) is 0 Å². The van der Waals surface area contributed by atoms with Crippen LogP contribution in [-0.4, -0.2) is 20.4 Å². The summed E-state index contributed by atoms with van der Waals surface area (Å²) in [5, 5.41) is 4.46. The van der Waals surface area contributed by atoms with E-state index in [9.17, 15) is 0 Å². The minimum Gasteiger partial charge on any atom is -0.182 e. The second-order valence-corrected chi connectivity index (χ2v) is 4.45. The van der Waals surface area contributed by atoms with E-state index in [1.165, 1.54) is 0 Å². The van der Waals surface area contributed by atoms with Crippen LogP contribution >= 0.6 is 28.3 Å². The molecule has 0 saturated carbocycles. The zero-order chi connectivity index (χ0) is 5.11. The molecular weight excluding hydrogens is 196 g/mol. The molecule has 0 fully saturated rings. The number of thiophene rings is 1. The van der Waals surface area contributed by atoms with Gasteiger partial charge in [-0.05, 0) is 5.38 Å². The molecule has 0 unspecified atom stereocenters. The van der Waals surface area contributed by atoms with Crippen LogP contribution in [0.5, 0.6) is 0 Å². The Morgan fingerprint density at radius 1 is 1.62 bits per heavy atom. The standard InChI is InChI=1S/C4H3S.CH3.BrH.Mg/c1-2-4-5-3-1;;;/h1-3H;1H3;1H;.